The number of ether oxygens (including phenoxy) is 2. The number of carbonyl (C=O) groups is 1. The van der Waals surface area contributed by atoms with Gasteiger partial charge in [0.25, 0.3) is 0 Å². The smallest absolute Gasteiger partial charge is 0.185 e. The molecule has 0 spiro atoms. The van der Waals surface area contributed by atoms with Crippen molar-refractivity contribution in [1.82, 2.24) is 10.2 Å². The molecule has 0 bridgehead atoms. The second kappa shape index (κ2) is 8.18. The zero-order valence-corrected chi connectivity index (χ0v) is 16.5. The maximum Gasteiger partial charge on any atom is 0.185 e. The lowest BCUT2D eigenvalue weighted by atomic mass is 10.1. The normalized spacial score (nSPS) is 10.9. The maximum absolute atomic E-state index is 12.2. The minimum absolute atomic E-state index is 0.0550. The summed E-state index contributed by atoms with van der Waals surface area (Å²) in [5.41, 5.74) is 2.99. The first kappa shape index (κ1) is 18.2. The molecule has 3 rings (SSSR count). The Morgan fingerprint density at radius 3 is 2.31 bits per heavy atom. The highest BCUT2D eigenvalue weighted by atomic mass is 127. The van der Waals surface area contributed by atoms with Gasteiger partial charge in [0.2, 0.25) is 0 Å². The van der Waals surface area contributed by atoms with Gasteiger partial charge in [-0.15, -0.1) is 0 Å². The van der Waals surface area contributed by atoms with E-state index in [9.17, 15) is 4.79 Å². The van der Waals surface area contributed by atoms with E-state index < -0.39 is 0 Å². The van der Waals surface area contributed by atoms with Crippen LogP contribution >= 0.6 is 22.6 Å². The van der Waals surface area contributed by atoms with Crippen LogP contribution in [0.25, 0.3) is 17.3 Å². The van der Waals surface area contributed by atoms with E-state index in [0.717, 1.165) is 20.5 Å². The summed E-state index contributed by atoms with van der Waals surface area (Å²) >= 11 is 2.21. The number of allylic oxidation sites excluding steroid dienone is 1. The Morgan fingerprint density at radius 1 is 1.04 bits per heavy atom. The number of ketones is 1. The SMILES string of the molecule is COc1cc(OC)cc(-c2cc(/C=C/C(=O)c3ccc(I)cc3)[nH]n2)c1. The number of methoxy groups -OCH3 is 2. The zero-order valence-electron chi connectivity index (χ0n) is 14.3. The monoisotopic (exact) mass is 460 g/mol. The van der Waals surface area contributed by atoms with Crippen LogP contribution in [0.5, 0.6) is 11.5 Å². The summed E-state index contributed by atoms with van der Waals surface area (Å²) in [6, 6.07) is 14.9. The van der Waals surface area contributed by atoms with Crippen LogP contribution in [0.3, 0.4) is 0 Å². The van der Waals surface area contributed by atoms with Crippen LogP contribution < -0.4 is 9.47 Å². The molecule has 2 aromatic carbocycles. The predicted octanol–water partition coefficient (Wildman–Crippen LogP) is 4.59. The second-order valence-corrected chi connectivity index (χ2v) is 6.76. The fourth-order valence-corrected chi connectivity index (χ4v) is 2.76. The van der Waals surface area contributed by atoms with Crippen molar-refractivity contribution in [2.75, 3.05) is 14.2 Å². The Morgan fingerprint density at radius 2 is 1.69 bits per heavy atom. The van der Waals surface area contributed by atoms with Gasteiger partial charge in [0.15, 0.2) is 5.78 Å². The fourth-order valence-electron chi connectivity index (χ4n) is 2.40. The average molecular weight is 460 g/mol. The third kappa shape index (κ3) is 4.32. The highest BCUT2D eigenvalue weighted by molar-refractivity contribution is 14.1. The highest BCUT2D eigenvalue weighted by Crippen LogP contribution is 2.29. The van der Waals surface area contributed by atoms with Crippen LogP contribution in [-0.2, 0) is 0 Å². The van der Waals surface area contributed by atoms with Crippen molar-refractivity contribution in [3.05, 3.63) is 69.4 Å². The van der Waals surface area contributed by atoms with E-state index in [2.05, 4.69) is 32.8 Å². The molecule has 0 aliphatic heterocycles. The van der Waals surface area contributed by atoms with Crippen LogP contribution in [0.2, 0.25) is 0 Å². The number of hydrogen-bond donors (Lipinski definition) is 1. The molecule has 0 unspecified atom stereocenters. The molecule has 1 aromatic heterocycles. The van der Waals surface area contributed by atoms with Crippen LogP contribution in [0.15, 0.2) is 54.6 Å². The molecule has 0 atom stereocenters. The number of nitrogens with one attached hydrogen (secondary N) is 1. The molecule has 0 radical (unpaired) electrons. The van der Waals surface area contributed by atoms with Crippen molar-refractivity contribution in [3.8, 4) is 22.8 Å². The van der Waals surface area contributed by atoms with Crippen molar-refractivity contribution in [3.63, 3.8) is 0 Å². The molecule has 1 heterocycles. The number of nitrogens with zero attached hydrogens (tertiary/aromatic N) is 1. The number of H-pyrrole nitrogens is 1. The van der Waals surface area contributed by atoms with Crippen LogP contribution in [0.1, 0.15) is 16.1 Å². The average Bonchev–Trinajstić information content (AvgIpc) is 3.15. The van der Waals surface area contributed by atoms with Crippen LogP contribution in [0.4, 0.5) is 0 Å². The van der Waals surface area contributed by atoms with Crippen molar-refractivity contribution >= 4 is 34.5 Å². The van der Waals surface area contributed by atoms with Gasteiger partial charge in [0.1, 0.15) is 11.5 Å². The Balaban J connectivity index is 1.79. The van der Waals surface area contributed by atoms with Gasteiger partial charge in [0.05, 0.1) is 25.6 Å². The number of hydrogen-bond acceptors (Lipinski definition) is 4. The lowest BCUT2D eigenvalue weighted by Crippen LogP contribution is -1.93. The first-order valence-electron chi connectivity index (χ1n) is 7.86. The molecular formula is C20H17IN2O3. The maximum atomic E-state index is 12.2. The zero-order chi connectivity index (χ0) is 18.5. The second-order valence-electron chi connectivity index (χ2n) is 5.51. The number of halogens is 1. The van der Waals surface area contributed by atoms with E-state index >= 15 is 0 Å². The van der Waals surface area contributed by atoms with E-state index in [-0.39, 0.29) is 5.78 Å². The summed E-state index contributed by atoms with van der Waals surface area (Å²) in [6.45, 7) is 0. The molecule has 3 aromatic rings. The minimum Gasteiger partial charge on any atom is -0.497 e. The Bertz CT molecular complexity index is 924. The molecule has 0 aliphatic carbocycles. The third-order valence-electron chi connectivity index (χ3n) is 3.79. The number of carbonyl (C=O) groups excluding carboxylic acids is 1. The predicted molar refractivity (Wildman–Crippen MR) is 110 cm³/mol. The summed E-state index contributed by atoms with van der Waals surface area (Å²) < 4.78 is 11.7. The van der Waals surface area contributed by atoms with Gasteiger partial charge in [-0.3, -0.25) is 9.89 Å². The van der Waals surface area contributed by atoms with E-state index in [0.29, 0.717) is 17.1 Å². The summed E-state index contributed by atoms with van der Waals surface area (Å²) in [4.78, 5) is 12.2. The van der Waals surface area contributed by atoms with E-state index in [4.69, 9.17) is 9.47 Å². The highest BCUT2D eigenvalue weighted by Gasteiger charge is 2.08. The van der Waals surface area contributed by atoms with Gasteiger partial charge in [-0.25, -0.2) is 0 Å². The molecule has 0 amide bonds. The van der Waals surface area contributed by atoms with E-state index in [1.165, 1.54) is 6.08 Å². The fraction of sp³-hybridized carbons (Fsp3) is 0.100. The van der Waals surface area contributed by atoms with Crippen molar-refractivity contribution in [2.45, 2.75) is 0 Å². The first-order valence-corrected chi connectivity index (χ1v) is 8.94. The number of rotatable bonds is 6. The van der Waals surface area contributed by atoms with E-state index in [1.807, 2.05) is 42.5 Å². The molecule has 5 nitrogen and oxygen atoms in total. The lowest BCUT2D eigenvalue weighted by Gasteiger charge is -2.06. The van der Waals surface area contributed by atoms with Crippen LogP contribution in [0, 0.1) is 3.57 Å². The molecule has 1 N–H and O–H groups in total. The molecule has 26 heavy (non-hydrogen) atoms. The quantitative estimate of drug-likeness (QED) is 0.332. The first-order chi connectivity index (χ1) is 12.6. The summed E-state index contributed by atoms with van der Waals surface area (Å²) in [6.07, 6.45) is 3.25. The van der Waals surface area contributed by atoms with Gasteiger partial charge in [-0.05, 0) is 65.1 Å². The standard InChI is InChI=1S/C20H17IN2O3/c1-25-17-9-14(10-18(12-17)26-2)19-11-16(22-23-19)7-8-20(24)13-3-5-15(21)6-4-13/h3-12H,1-2H3,(H,22,23)/b8-7+. The summed E-state index contributed by atoms with van der Waals surface area (Å²) in [7, 11) is 3.21. The van der Waals surface area contributed by atoms with E-state index in [1.54, 1.807) is 26.4 Å². The Labute approximate surface area is 165 Å². The van der Waals surface area contributed by atoms with Gasteiger partial charge >= 0.3 is 0 Å². The minimum atomic E-state index is -0.0550. The molecule has 6 heteroatoms. The molecular weight excluding hydrogens is 443 g/mol. The number of benzene rings is 2. The number of aromatic nitrogens is 2. The largest absolute Gasteiger partial charge is 0.497 e. The molecule has 0 saturated heterocycles. The molecule has 0 saturated carbocycles. The Kier molecular flexibility index (Phi) is 5.72. The van der Waals surface area contributed by atoms with Crippen LogP contribution in [-0.4, -0.2) is 30.2 Å². The molecule has 0 aliphatic rings. The van der Waals surface area contributed by atoms with Crippen molar-refractivity contribution in [1.29, 1.82) is 0 Å². The van der Waals surface area contributed by atoms with Gasteiger partial charge in [-0.2, -0.15) is 5.10 Å². The van der Waals surface area contributed by atoms with Crippen molar-refractivity contribution < 1.29 is 14.3 Å². The summed E-state index contributed by atoms with van der Waals surface area (Å²) in [5, 5.41) is 7.22. The lowest BCUT2D eigenvalue weighted by molar-refractivity contribution is 0.104. The summed E-state index contributed by atoms with van der Waals surface area (Å²) in [5.74, 6) is 1.32. The Hall–Kier alpha value is -2.61. The van der Waals surface area contributed by atoms with Crippen molar-refractivity contribution in [2.24, 2.45) is 0 Å². The van der Waals surface area contributed by atoms with Gasteiger partial charge in [-0.1, -0.05) is 12.1 Å². The topological polar surface area (TPSA) is 64.2 Å². The third-order valence-corrected chi connectivity index (χ3v) is 4.51. The molecule has 132 valence electrons. The van der Waals surface area contributed by atoms with Gasteiger partial charge < -0.3 is 9.47 Å². The number of aromatic amines is 1. The van der Waals surface area contributed by atoms with Gasteiger partial charge in [0, 0.05) is 20.8 Å². The molecule has 0 fully saturated rings.